The van der Waals surface area contributed by atoms with Crippen LogP contribution in [0.25, 0.3) is 0 Å². The van der Waals surface area contributed by atoms with Crippen LogP contribution in [0.4, 0.5) is 0 Å². The molecule has 2 aromatic rings. The Kier molecular flexibility index (Phi) is 2.88. The molecule has 1 unspecified atom stereocenters. The average molecular weight is 229 g/mol. The van der Waals surface area contributed by atoms with Crippen LogP contribution in [0.3, 0.4) is 0 Å². The van der Waals surface area contributed by atoms with E-state index < -0.39 is 0 Å². The lowest BCUT2D eigenvalue weighted by atomic mass is 10.1. The molecule has 3 N–H and O–H groups in total. The van der Waals surface area contributed by atoms with Crippen LogP contribution in [0, 0.1) is 0 Å². The van der Waals surface area contributed by atoms with Crippen molar-refractivity contribution in [3.63, 3.8) is 0 Å². The molecule has 0 amide bonds. The van der Waals surface area contributed by atoms with Crippen molar-refractivity contribution in [1.82, 2.24) is 5.43 Å². The van der Waals surface area contributed by atoms with Crippen molar-refractivity contribution in [1.29, 1.82) is 0 Å². The van der Waals surface area contributed by atoms with Crippen molar-refractivity contribution < 1.29 is 4.42 Å². The summed E-state index contributed by atoms with van der Waals surface area (Å²) in [6.45, 7) is 0. The minimum Gasteiger partial charge on any atom is -0.472 e. The summed E-state index contributed by atoms with van der Waals surface area (Å²) in [5.41, 5.74) is 4.65. The molecule has 14 heavy (non-hydrogen) atoms. The van der Waals surface area contributed by atoms with Crippen molar-refractivity contribution in [2.24, 2.45) is 5.84 Å². The number of furan rings is 1. The van der Waals surface area contributed by atoms with Gasteiger partial charge in [0.2, 0.25) is 0 Å². The first kappa shape index (κ1) is 9.73. The largest absolute Gasteiger partial charge is 0.472 e. The molecule has 0 radical (unpaired) electrons. The highest BCUT2D eigenvalue weighted by Crippen LogP contribution is 2.31. The number of rotatable bonds is 3. The fourth-order valence-electron chi connectivity index (χ4n) is 1.32. The second kappa shape index (κ2) is 4.14. The van der Waals surface area contributed by atoms with Crippen LogP contribution in [-0.4, -0.2) is 0 Å². The first-order chi connectivity index (χ1) is 6.83. The van der Waals surface area contributed by atoms with Gasteiger partial charge in [-0.1, -0.05) is 11.6 Å². The van der Waals surface area contributed by atoms with Gasteiger partial charge in [0.25, 0.3) is 0 Å². The summed E-state index contributed by atoms with van der Waals surface area (Å²) in [6, 6.07) is 3.70. The number of thiophene rings is 1. The number of halogens is 1. The molecule has 0 aliphatic heterocycles. The second-order valence-corrected chi connectivity index (χ2v) is 4.32. The smallest absolute Gasteiger partial charge is 0.0980 e. The van der Waals surface area contributed by atoms with Gasteiger partial charge in [-0.15, -0.1) is 11.3 Å². The van der Waals surface area contributed by atoms with E-state index in [4.69, 9.17) is 21.9 Å². The molecule has 0 aliphatic rings. The molecule has 1 atom stereocenters. The van der Waals surface area contributed by atoms with E-state index in [0.29, 0.717) is 0 Å². The molecule has 0 saturated heterocycles. The molecule has 0 aliphatic carbocycles. The summed E-state index contributed by atoms with van der Waals surface area (Å²) in [5.74, 6) is 5.48. The van der Waals surface area contributed by atoms with E-state index in [2.05, 4.69) is 5.43 Å². The lowest BCUT2D eigenvalue weighted by Crippen LogP contribution is -2.28. The van der Waals surface area contributed by atoms with Gasteiger partial charge in [0.05, 0.1) is 22.9 Å². The molecule has 74 valence electrons. The molecular weight excluding hydrogens is 220 g/mol. The highest BCUT2D eigenvalue weighted by molar-refractivity contribution is 7.14. The molecule has 2 heterocycles. The Balaban J connectivity index is 2.36. The van der Waals surface area contributed by atoms with Crippen molar-refractivity contribution in [3.8, 4) is 0 Å². The summed E-state index contributed by atoms with van der Waals surface area (Å²) in [4.78, 5) is 0. The van der Waals surface area contributed by atoms with Gasteiger partial charge in [-0.3, -0.25) is 5.84 Å². The fourth-order valence-corrected chi connectivity index (χ4v) is 2.30. The maximum Gasteiger partial charge on any atom is 0.0980 e. The molecule has 5 heteroatoms. The van der Waals surface area contributed by atoms with E-state index in [9.17, 15) is 0 Å². The molecule has 0 spiro atoms. The minimum absolute atomic E-state index is 0.104. The number of hydrazine groups is 1. The molecular formula is C9H9ClN2OS. The summed E-state index contributed by atoms with van der Waals surface area (Å²) in [7, 11) is 0. The Morgan fingerprint density at radius 1 is 1.50 bits per heavy atom. The normalized spacial score (nSPS) is 13.0. The van der Waals surface area contributed by atoms with E-state index in [0.717, 1.165) is 15.5 Å². The second-order valence-electron chi connectivity index (χ2n) is 2.81. The molecule has 0 bridgehead atoms. The first-order valence-corrected chi connectivity index (χ1v) is 5.30. The maximum absolute atomic E-state index is 6.02. The van der Waals surface area contributed by atoms with Crippen LogP contribution in [0.2, 0.25) is 4.34 Å². The zero-order valence-electron chi connectivity index (χ0n) is 7.24. The number of hydrogen-bond acceptors (Lipinski definition) is 4. The molecule has 0 aromatic carbocycles. The Hall–Kier alpha value is -0.810. The van der Waals surface area contributed by atoms with Crippen molar-refractivity contribution >= 4 is 22.9 Å². The predicted molar refractivity (Wildman–Crippen MR) is 57.2 cm³/mol. The van der Waals surface area contributed by atoms with Gasteiger partial charge in [-0.2, -0.15) is 0 Å². The van der Waals surface area contributed by atoms with E-state index >= 15 is 0 Å². The van der Waals surface area contributed by atoms with Crippen LogP contribution in [0.15, 0.2) is 34.5 Å². The molecule has 2 rings (SSSR count). The van der Waals surface area contributed by atoms with Crippen molar-refractivity contribution in [3.05, 3.63) is 45.5 Å². The number of nitrogens with two attached hydrogens (primary N) is 1. The lowest BCUT2D eigenvalue weighted by molar-refractivity contribution is 0.553. The van der Waals surface area contributed by atoms with Crippen LogP contribution < -0.4 is 11.3 Å². The minimum atomic E-state index is -0.104. The maximum atomic E-state index is 6.02. The standard InChI is InChI=1S/C9H9ClN2OS/c10-9-7(2-4-14-9)8(12-11)6-1-3-13-5-6/h1-5,8,12H,11H2. The van der Waals surface area contributed by atoms with Crippen molar-refractivity contribution in [2.75, 3.05) is 0 Å². The highest BCUT2D eigenvalue weighted by Gasteiger charge is 2.17. The van der Waals surface area contributed by atoms with E-state index in [-0.39, 0.29) is 6.04 Å². The highest BCUT2D eigenvalue weighted by atomic mass is 35.5. The third kappa shape index (κ3) is 1.69. The van der Waals surface area contributed by atoms with Crippen molar-refractivity contribution in [2.45, 2.75) is 6.04 Å². The summed E-state index contributed by atoms with van der Waals surface area (Å²) in [5, 5.41) is 1.93. The van der Waals surface area contributed by atoms with Crippen LogP contribution in [0.1, 0.15) is 17.2 Å². The Morgan fingerprint density at radius 2 is 2.36 bits per heavy atom. The predicted octanol–water partition coefficient (Wildman–Crippen LogP) is 2.55. The third-order valence-electron chi connectivity index (χ3n) is 2.00. The Labute approximate surface area is 90.5 Å². The van der Waals surface area contributed by atoms with Crippen LogP contribution in [-0.2, 0) is 0 Å². The topological polar surface area (TPSA) is 51.2 Å². The molecule has 0 fully saturated rings. The monoisotopic (exact) mass is 228 g/mol. The SMILES string of the molecule is NNC(c1ccoc1)c1ccsc1Cl. The van der Waals surface area contributed by atoms with Crippen LogP contribution >= 0.6 is 22.9 Å². The van der Waals surface area contributed by atoms with E-state index in [1.165, 1.54) is 11.3 Å². The number of hydrogen-bond donors (Lipinski definition) is 2. The first-order valence-electron chi connectivity index (χ1n) is 4.04. The molecule has 2 aromatic heterocycles. The molecule has 3 nitrogen and oxygen atoms in total. The zero-order chi connectivity index (χ0) is 9.97. The van der Waals surface area contributed by atoms with Gasteiger partial charge in [-0.05, 0) is 17.5 Å². The van der Waals surface area contributed by atoms with Gasteiger partial charge < -0.3 is 4.42 Å². The van der Waals surface area contributed by atoms with Gasteiger partial charge in [0, 0.05) is 11.1 Å². The summed E-state index contributed by atoms with van der Waals surface area (Å²) >= 11 is 7.51. The summed E-state index contributed by atoms with van der Waals surface area (Å²) < 4.78 is 5.74. The van der Waals surface area contributed by atoms with Gasteiger partial charge in [0.15, 0.2) is 0 Å². The van der Waals surface area contributed by atoms with E-state index in [1.54, 1.807) is 12.5 Å². The quantitative estimate of drug-likeness (QED) is 0.627. The zero-order valence-corrected chi connectivity index (χ0v) is 8.81. The third-order valence-corrected chi connectivity index (χ3v) is 3.20. The number of nitrogens with one attached hydrogen (secondary N) is 1. The van der Waals surface area contributed by atoms with Gasteiger partial charge >= 0.3 is 0 Å². The average Bonchev–Trinajstić information content (AvgIpc) is 2.80. The lowest BCUT2D eigenvalue weighted by Gasteiger charge is -2.12. The Morgan fingerprint density at radius 3 is 2.86 bits per heavy atom. The van der Waals surface area contributed by atoms with Gasteiger partial charge in [0.1, 0.15) is 0 Å². The van der Waals surface area contributed by atoms with Crippen LogP contribution in [0.5, 0.6) is 0 Å². The van der Waals surface area contributed by atoms with E-state index in [1.807, 2.05) is 17.5 Å². The Bertz CT molecular complexity index is 399. The fraction of sp³-hybridized carbons (Fsp3) is 0.111. The molecule has 0 saturated carbocycles. The van der Waals surface area contributed by atoms with Gasteiger partial charge in [-0.25, -0.2) is 5.43 Å². The summed E-state index contributed by atoms with van der Waals surface area (Å²) in [6.07, 6.45) is 3.26.